The van der Waals surface area contributed by atoms with Crippen LogP contribution in [0.15, 0.2) is 65.9 Å². The molecule has 34 heavy (non-hydrogen) atoms. The van der Waals surface area contributed by atoms with Crippen LogP contribution in [0.25, 0.3) is 17.0 Å². The Labute approximate surface area is 206 Å². The highest BCUT2D eigenvalue weighted by Gasteiger charge is 2.21. The number of amides is 1. The van der Waals surface area contributed by atoms with Crippen molar-refractivity contribution < 1.29 is 9.90 Å². The van der Waals surface area contributed by atoms with Crippen molar-refractivity contribution in [3.05, 3.63) is 76.6 Å². The van der Waals surface area contributed by atoms with Crippen LogP contribution in [-0.4, -0.2) is 21.7 Å². The zero-order valence-electron chi connectivity index (χ0n) is 19.6. The first-order chi connectivity index (χ1) is 16.5. The topological polar surface area (TPSA) is 54.3 Å². The van der Waals surface area contributed by atoms with Gasteiger partial charge in [0.15, 0.2) is 0 Å². The Bertz CT molecular complexity index is 1180. The SMILES string of the molecule is O=C(/C=C/c1cc2cc(Cl)ccc2n1CC1CCCCC1)NC1=CC2C=C(C=C1)CCCC2O. The third kappa shape index (κ3) is 5.39. The van der Waals surface area contributed by atoms with E-state index in [1.165, 1.54) is 37.7 Å². The molecule has 4 nitrogen and oxygen atoms in total. The standard InChI is InChI=1S/C29H33ClN2O2/c30-24-10-13-27-22(16-24)18-26(32(27)19-21-5-2-1-3-6-21)12-14-29(34)31-25-11-9-20-7-4-8-28(33)23(15-20)17-25/h9-18,21,23,28,33H,1-8,19H2,(H,31,34)/b14-12+. The minimum Gasteiger partial charge on any atom is -0.392 e. The molecule has 0 spiro atoms. The lowest BCUT2D eigenvalue weighted by Crippen LogP contribution is -2.22. The van der Waals surface area contributed by atoms with Crippen LogP contribution < -0.4 is 5.32 Å². The van der Waals surface area contributed by atoms with Gasteiger partial charge in [-0.25, -0.2) is 0 Å². The number of fused-ring (bicyclic) bond motifs is 2. The van der Waals surface area contributed by atoms with Gasteiger partial charge in [0, 0.05) is 45.9 Å². The maximum atomic E-state index is 12.8. The third-order valence-electron chi connectivity index (χ3n) is 7.40. The van der Waals surface area contributed by atoms with E-state index in [2.05, 4.69) is 34.2 Å². The van der Waals surface area contributed by atoms with E-state index in [0.717, 1.165) is 53.1 Å². The quantitative estimate of drug-likeness (QED) is 0.481. The molecule has 2 aromatic rings. The predicted molar refractivity (Wildman–Crippen MR) is 139 cm³/mol. The Morgan fingerprint density at radius 1 is 1.09 bits per heavy atom. The summed E-state index contributed by atoms with van der Waals surface area (Å²) >= 11 is 6.25. The van der Waals surface area contributed by atoms with Gasteiger partial charge in [-0.1, -0.05) is 54.7 Å². The van der Waals surface area contributed by atoms with Crippen molar-refractivity contribution in [2.24, 2.45) is 11.8 Å². The minimum absolute atomic E-state index is 0.0606. The van der Waals surface area contributed by atoms with Crippen LogP contribution in [0.5, 0.6) is 0 Å². The van der Waals surface area contributed by atoms with E-state index in [1.54, 1.807) is 6.08 Å². The molecule has 1 amide bonds. The van der Waals surface area contributed by atoms with E-state index >= 15 is 0 Å². The number of carbonyl (C=O) groups is 1. The Kier molecular flexibility index (Phi) is 7.07. The first kappa shape index (κ1) is 23.2. The first-order valence-electron chi connectivity index (χ1n) is 12.6. The van der Waals surface area contributed by atoms with Gasteiger partial charge in [0.1, 0.15) is 0 Å². The number of nitrogens with zero attached hydrogens (tertiary/aromatic N) is 1. The molecule has 178 valence electrons. The minimum atomic E-state index is -0.401. The van der Waals surface area contributed by atoms with Gasteiger partial charge in [-0.3, -0.25) is 4.79 Å². The lowest BCUT2D eigenvalue weighted by Gasteiger charge is -2.23. The smallest absolute Gasteiger partial charge is 0.248 e. The number of halogens is 1. The number of allylic oxidation sites excluding steroid dienone is 3. The van der Waals surface area contributed by atoms with Crippen molar-refractivity contribution in [2.75, 3.05) is 0 Å². The summed E-state index contributed by atoms with van der Waals surface area (Å²) < 4.78 is 2.34. The van der Waals surface area contributed by atoms with E-state index in [9.17, 15) is 9.90 Å². The molecule has 2 bridgehead atoms. The van der Waals surface area contributed by atoms with Crippen LogP contribution in [0.1, 0.15) is 57.1 Å². The molecule has 3 aliphatic rings. The molecule has 2 unspecified atom stereocenters. The second-order valence-electron chi connectivity index (χ2n) is 9.94. The first-order valence-corrected chi connectivity index (χ1v) is 13.0. The molecule has 5 rings (SSSR count). The maximum absolute atomic E-state index is 12.8. The molecule has 0 saturated heterocycles. The van der Waals surface area contributed by atoms with Gasteiger partial charge >= 0.3 is 0 Å². The summed E-state index contributed by atoms with van der Waals surface area (Å²) in [5, 5.41) is 15.3. The molecule has 1 saturated carbocycles. The lowest BCUT2D eigenvalue weighted by molar-refractivity contribution is -0.115. The number of hydrogen-bond donors (Lipinski definition) is 2. The zero-order valence-corrected chi connectivity index (χ0v) is 20.3. The van der Waals surface area contributed by atoms with Crippen molar-refractivity contribution in [3.63, 3.8) is 0 Å². The van der Waals surface area contributed by atoms with Gasteiger partial charge in [-0.05, 0) is 74.4 Å². The van der Waals surface area contributed by atoms with Gasteiger partial charge < -0.3 is 15.0 Å². The van der Waals surface area contributed by atoms with E-state index in [0.29, 0.717) is 5.92 Å². The van der Waals surface area contributed by atoms with Gasteiger partial charge in [-0.2, -0.15) is 0 Å². The molecule has 1 aromatic carbocycles. The highest BCUT2D eigenvalue weighted by Crippen LogP contribution is 2.30. The van der Waals surface area contributed by atoms with Gasteiger partial charge in [0.25, 0.3) is 0 Å². The van der Waals surface area contributed by atoms with Crippen molar-refractivity contribution in [3.8, 4) is 0 Å². The number of benzene rings is 1. The van der Waals surface area contributed by atoms with Gasteiger partial charge in [0.05, 0.1) is 6.10 Å². The summed E-state index contributed by atoms with van der Waals surface area (Å²) in [6.07, 6.45) is 20.4. The summed E-state index contributed by atoms with van der Waals surface area (Å²) in [7, 11) is 0. The Balaban J connectivity index is 1.35. The molecule has 0 aliphatic heterocycles. The van der Waals surface area contributed by atoms with Crippen LogP contribution in [-0.2, 0) is 11.3 Å². The van der Waals surface area contributed by atoms with Crippen molar-refractivity contribution >= 4 is 34.5 Å². The molecule has 1 fully saturated rings. The average Bonchev–Trinajstić information content (AvgIpc) is 2.94. The Morgan fingerprint density at radius 2 is 1.94 bits per heavy atom. The molecular weight excluding hydrogens is 444 g/mol. The number of carbonyl (C=O) groups excluding carboxylic acids is 1. The number of hydrogen-bond acceptors (Lipinski definition) is 2. The number of aliphatic hydroxyl groups is 1. The lowest BCUT2D eigenvalue weighted by atomic mass is 9.89. The predicted octanol–water partition coefficient (Wildman–Crippen LogP) is 6.55. The fraction of sp³-hybridized carbons (Fsp3) is 0.414. The normalized spacial score (nSPS) is 23.5. The molecule has 1 aromatic heterocycles. The fourth-order valence-corrected chi connectivity index (χ4v) is 5.75. The number of nitrogens with one attached hydrogen (secondary N) is 1. The van der Waals surface area contributed by atoms with Crippen LogP contribution in [0.4, 0.5) is 0 Å². The highest BCUT2D eigenvalue weighted by atomic mass is 35.5. The van der Waals surface area contributed by atoms with Crippen molar-refractivity contribution in [2.45, 2.75) is 64.0 Å². The van der Waals surface area contributed by atoms with Crippen LogP contribution in [0.3, 0.4) is 0 Å². The number of rotatable bonds is 5. The molecule has 2 N–H and O–H groups in total. The summed E-state index contributed by atoms with van der Waals surface area (Å²) in [6.45, 7) is 0.967. The summed E-state index contributed by atoms with van der Waals surface area (Å²) in [5.41, 5.74) is 4.15. The van der Waals surface area contributed by atoms with Crippen LogP contribution >= 0.6 is 11.6 Å². The van der Waals surface area contributed by atoms with Crippen molar-refractivity contribution in [1.82, 2.24) is 9.88 Å². The van der Waals surface area contributed by atoms with E-state index in [1.807, 2.05) is 30.4 Å². The van der Waals surface area contributed by atoms with Crippen LogP contribution in [0.2, 0.25) is 5.02 Å². The Morgan fingerprint density at radius 3 is 2.79 bits per heavy atom. The molecule has 3 aliphatic carbocycles. The zero-order chi connectivity index (χ0) is 23.5. The Hall–Kier alpha value is -2.56. The monoisotopic (exact) mass is 476 g/mol. The fourth-order valence-electron chi connectivity index (χ4n) is 5.57. The van der Waals surface area contributed by atoms with E-state index in [4.69, 9.17) is 11.6 Å². The van der Waals surface area contributed by atoms with E-state index in [-0.39, 0.29) is 11.8 Å². The largest absolute Gasteiger partial charge is 0.392 e. The highest BCUT2D eigenvalue weighted by molar-refractivity contribution is 6.31. The molecule has 0 radical (unpaired) electrons. The molecule has 5 heteroatoms. The number of aromatic nitrogens is 1. The summed E-state index contributed by atoms with van der Waals surface area (Å²) in [4.78, 5) is 12.8. The number of aliphatic hydroxyl groups excluding tert-OH is 1. The summed E-state index contributed by atoms with van der Waals surface area (Å²) in [6, 6.07) is 8.13. The third-order valence-corrected chi connectivity index (χ3v) is 7.63. The second kappa shape index (κ2) is 10.4. The maximum Gasteiger partial charge on any atom is 0.248 e. The average molecular weight is 477 g/mol. The molecule has 2 atom stereocenters. The van der Waals surface area contributed by atoms with Crippen molar-refractivity contribution in [1.29, 1.82) is 0 Å². The summed E-state index contributed by atoms with van der Waals surface area (Å²) in [5.74, 6) is 0.442. The van der Waals surface area contributed by atoms with E-state index < -0.39 is 6.10 Å². The van der Waals surface area contributed by atoms with Gasteiger partial charge in [-0.15, -0.1) is 0 Å². The molecular formula is C29H33ClN2O2. The van der Waals surface area contributed by atoms with Crippen LogP contribution in [0, 0.1) is 11.8 Å². The second-order valence-corrected chi connectivity index (χ2v) is 10.4. The van der Waals surface area contributed by atoms with Gasteiger partial charge in [0.2, 0.25) is 5.91 Å². The molecule has 1 heterocycles.